The Kier molecular flexibility index (Phi) is 6.38. The van der Waals surface area contributed by atoms with Crippen LogP contribution in [-0.2, 0) is 14.3 Å². The van der Waals surface area contributed by atoms with Gasteiger partial charge in [0.15, 0.2) is 0 Å². The van der Waals surface area contributed by atoms with E-state index in [2.05, 4.69) is 5.10 Å². The third kappa shape index (κ3) is 4.96. The van der Waals surface area contributed by atoms with Crippen LogP contribution in [0.25, 0.3) is 0 Å². The highest BCUT2D eigenvalue weighted by Gasteiger charge is 2.40. The molecule has 1 aromatic rings. The largest absolute Gasteiger partial charge is 0.451 e. The van der Waals surface area contributed by atoms with Gasteiger partial charge in [-0.05, 0) is 33.3 Å². The van der Waals surface area contributed by atoms with E-state index in [0.29, 0.717) is 11.3 Å². The van der Waals surface area contributed by atoms with E-state index in [1.165, 1.54) is 6.92 Å². The van der Waals surface area contributed by atoms with Crippen LogP contribution >= 0.6 is 0 Å². The van der Waals surface area contributed by atoms with Crippen molar-refractivity contribution in [3.63, 3.8) is 0 Å². The average molecular weight is 376 g/mol. The number of hydrazone groups is 1. The Labute approximate surface area is 158 Å². The minimum atomic E-state index is -0.906. The summed E-state index contributed by atoms with van der Waals surface area (Å²) in [6.07, 6.45) is -2.56. The maximum atomic E-state index is 12.6. The lowest BCUT2D eigenvalue weighted by Crippen LogP contribution is -2.62. The molecule has 0 unspecified atom stereocenters. The number of nitrogens with zero attached hydrogens (tertiary/aromatic N) is 4. The Morgan fingerprint density at radius 3 is 2.04 bits per heavy atom. The van der Waals surface area contributed by atoms with Gasteiger partial charge in [-0.15, -0.1) is 10.2 Å². The highest BCUT2D eigenvalue weighted by atomic mass is 16.6. The molecule has 1 aliphatic rings. The molecule has 27 heavy (non-hydrogen) atoms. The first kappa shape index (κ1) is 20.2. The molecular formula is C18H24N4O5. The molecule has 0 saturated heterocycles. The molecule has 1 heterocycles. The number of hydrazine groups is 2. The summed E-state index contributed by atoms with van der Waals surface area (Å²) in [6.45, 7) is 7.87. The van der Waals surface area contributed by atoms with Crippen molar-refractivity contribution in [3.8, 4) is 0 Å². The zero-order valence-corrected chi connectivity index (χ0v) is 16.1. The minimum Gasteiger partial charge on any atom is -0.445 e. The highest BCUT2D eigenvalue weighted by Crippen LogP contribution is 2.19. The van der Waals surface area contributed by atoms with E-state index in [4.69, 9.17) is 9.47 Å². The molecule has 0 atom stereocenters. The van der Waals surface area contributed by atoms with E-state index in [0.717, 1.165) is 15.2 Å². The molecule has 0 aliphatic carbocycles. The van der Waals surface area contributed by atoms with Gasteiger partial charge in [0, 0.05) is 6.92 Å². The molecule has 1 aromatic carbocycles. The summed E-state index contributed by atoms with van der Waals surface area (Å²) in [7, 11) is 0. The quantitative estimate of drug-likeness (QED) is 0.809. The van der Waals surface area contributed by atoms with Gasteiger partial charge in [-0.25, -0.2) is 9.59 Å². The van der Waals surface area contributed by atoms with Gasteiger partial charge in [-0.2, -0.15) is 5.01 Å². The number of hydrogen-bond donors (Lipinski definition) is 0. The van der Waals surface area contributed by atoms with Crippen molar-refractivity contribution in [1.82, 2.24) is 15.2 Å². The lowest BCUT2D eigenvalue weighted by Gasteiger charge is -2.40. The predicted molar refractivity (Wildman–Crippen MR) is 97.3 cm³/mol. The Bertz CT molecular complexity index is 733. The molecule has 0 bridgehead atoms. The summed E-state index contributed by atoms with van der Waals surface area (Å²) in [4.78, 5) is 37.3. The molecule has 2 rings (SSSR count). The Morgan fingerprint density at radius 2 is 1.52 bits per heavy atom. The van der Waals surface area contributed by atoms with Crippen LogP contribution in [0.3, 0.4) is 0 Å². The zero-order chi connectivity index (χ0) is 20.1. The number of carbonyl (C=O) groups is 3. The van der Waals surface area contributed by atoms with Gasteiger partial charge < -0.3 is 9.47 Å². The van der Waals surface area contributed by atoms with Gasteiger partial charge in [0.1, 0.15) is 0 Å². The maximum Gasteiger partial charge on any atom is 0.451 e. The predicted octanol–water partition coefficient (Wildman–Crippen LogP) is 2.78. The average Bonchev–Trinajstić information content (AvgIpc) is 2.60. The highest BCUT2D eigenvalue weighted by molar-refractivity contribution is 6.04. The number of benzene rings is 1. The van der Waals surface area contributed by atoms with Gasteiger partial charge in [0.25, 0.3) is 5.91 Å². The van der Waals surface area contributed by atoms with Crippen molar-refractivity contribution in [3.05, 3.63) is 35.9 Å². The molecule has 0 radical (unpaired) electrons. The van der Waals surface area contributed by atoms with Crippen molar-refractivity contribution in [1.29, 1.82) is 0 Å². The van der Waals surface area contributed by atoms with Crippen LogP contribution in [0.1, 0.15) is 40.2 Å². The summed E-state index contributed by atoms with van der Waals surface area (Å²) in [6, 6.07) is 9.06. The van der Waals surface area contributed by atoms with Crippen molar-refractivity contribution in [2.45, 2.75) is 46.8 Å². The zero-order valence-electron chi connectivity index (χ0n) is 16.1. The summed E-state index contributed by atoms with van der Waals surface area (Å²) in [5.41, 5.74) is 1.14. The normalized spacial score (nSPS) is 14.3. The fourth-order valence-corrected chi connectivity index (χ4v) is 2.31. The van der Waals surface area contributed by atoms with Crippen LogP contribution in [0.4, 0.5) is 9.59 Å². The third-order valence-corrected chi connectivity index (χ3v) is 3.36. The first-order valence-corrected chi connectivity index (χ1v) is 8.63. The Balaban J connectivity index is 2.48. The van der Waals surface area contributed by atoms with Crippen LogP contribution in [0.5, 0.6) is 0 Å². The van der Waals surface area contributed by atoms with Gasteiger partial charge in [0.05, 0.1) is 24.5 Å². The molecule has 0 fully saturated rings. The van der Waals surface area contributed by atoms with Crippen LogP contribution in [0.15, 0.2) is 35.4 Å². The summed E-state index contributed by atoms with van der Waals surface area (Å²) in [5, 5.41) is 6.82. The molecule has 3 amide bonds. The van der Waals surface area contributed by atoms with Crippen LogP contribution in [0.2, 0.25) is 0 Å². The van der Waals surface area contributed by atoms with Gasteiger partial charge >= 0.3 is 12.2 Å². The molecule has 9 nitrogen and oxygen atoms in total. The number of rotatable bonds is 3. The summed E-state index contributed by atoms with van der Waals surface area (Å²) < 4.78 is 10.4. The number of carbonyl (C=O) groups excluding carboxylic acids is 3. The second kappa shape index (κ2) is 8.52. The van der Waals surface area contributed by atoms with Crippen molar-refractivity contribution < 1.29 is 23.9 Å². The van der Waals surface area contributed by atoms with E-state index in [-0.39, 0.29) is 6.54 Å². The lowest BCUT2D eigenvalue weighted by molar-refractivity contribution is -0.176. The fraction of sp³-hybridized carbons (Fsp3) is 0.444. The topological polar surface area (TPSA) is 91.8 Å². The Hall–Kier alpha value is -3.10. The van der Waals surface area contributed by atoms with Crippen molar-refractivity contribution in [2.75, 3.05) is 6.54 Å². The van der Waals surface area contributed by atoms with Gasteiger partial charge in [-0.3, -0.25) is 4.79 Å². The van der Waals surface area contributed by atoms with E-state index in [9.17, 15) is 14.4 Å². The first-order chi connectivity index (χ1) is 12.7. The molecular weight excluding hydrogens is 352 g/mol. The SMILES string of the molecule is CC(=O)N1N=C(c2ccccc2)CN(C(=O)OC(C)C)N1C(=O)OC(C)C. The molecule has 9 heteroatoms. The third-order valence-electron chi connectivity index (χ3n) is 3.36. The molecule has 146 valence electrons. The van der Waals surface area contributed by atoms with E-state index >= 15 is 0 Å². The standard InChI is InChI=1S/C18H24N4O5/c1-12(2)26-17(24)20-11-16(15-9-7-6-8-10-15)19-21(14(5)23)22(20)18(25)27-13(3)4/h6-10,12-13H,11H2,1-5H3. The second-order valence-electron chi connectivity index (χ2n) is 6.43. The van der Waals surface area contributed by atoms with Gasteiger partial charge in [0.2, 0.25) is 0 Å². The van der Waals surface area contributed by atoms with Crippen LogP contribution in [-0.4, -0.2) is 57.8 Å². The van der Waals surface area contributed by atoms with Crippen molar-refractivity contribution in [2.24, 2.45) is 5.10 Å². The molecule has 0 N–H and O–H groups in total. The monoisotopic (exact) mass is 376 g/mol. The molecule has 0 aromatic heterocycles. The summed E-state index contributed by atoms with van der Waals surface area (Å²) in [5.74, 6) is -0.564. The Morgan fingerprint density at radius 1 is 0.963 bits per heavy atom. The molecule has 0 spiro atoms. The minimum absolute atomic E-state index is 0.0630. The fourth-order valence-electron chi connectivity index (χ4n) is 2.31. The first-order valence-electron chi connectivity index (χ1n) is 8.63. The second-order valence-corrected chi connectivity index (χ2v) is 6.43. The van der Waals surface area contributed by atoms with E-state index in [1.807, 2.05) is 18.2 Å². The molecule has 1 aliphatic heterocycles. The van der Waals surface area contributed by atoms with Crippen LogP contribution in [0, 0.1) is 0 Å². The lowest BCUT2D eigenvalue weighted by atomic mass is 10.1. The number of amides is 3. The van der Waals surface area contributed by atoms with E-state index in [1.54, 1.807) is 39.8 Å². The summed E-state index contributed by atoms with van der Waals surface area (Å²) >= 11 is 0. The smallest absolute Gasteiger partial charge is 0.445 e. The van der Waals surface area contributed by atoms with Crippen LogP contribution < -0.4 is 0 Å². The number of hydrogen-bond acceptors (Lipinski definition) is 6. The van der Waals surface area contributed by atoms with Crippen molar-refractivity contribution >= 4 is 23.8 Å². The molecule has 0 saturated carbocycles. The van der Waals surface area contributed by atoms with E-state index < -0.39 is 30.3 Å². The maximum absolute atomic E-state index is 12.6. The van der Waals surface area contributed by atoms with Gasteiger partial charge in [-0.1, -0.05) is 35.4 Å². The number of ether oxygens (including phenoxy) is 2.